The van der Waals surface area contributed by atoms with E-state index in [1.54, 1.807) is 13.2 Å². The van der Waals surface area contributed by atoms with Gasteiger partial charge in [-0.25, -0.2) is 0 Å². The number of phenols is 1. The van der Waals surface area contributed by atoms with Crippen molar-refractivity contribution in [3.05, 3.63) is 45.1 Å². The van der Waals surface area contributed by atoms with Crippen LogP contribution in [-0.2, 0) is 6.54 Å². The third kappa shape index (κ3) is 3.32. The van der Waals surface area contributed by atoms with Gasteiger partial charge < -0.3 is 15.2 Å². The van der Waals surface area contributed by atoms with Gasteiger partial charge in [-0.2, -0.15) is 0 Å². The first kappa shape index (κ1) is 14.9. The van der Waals surface area contributed by atoms with Crippen molar-refractivity contribution >= 4 is 11.3 Å². The van der Waals surface area contributed by atoms with Crippen molar-refractivity contribution in [3.63, 3.8) is 0 Å². The molecule has 1 unspecified atom stereocenters. The molecule has 2 rings (SSSR count). The molecule has 2 aromatic rings. The van der Waals surface area contributed by atoms with Crippen LogP contribution < -0.4 is 10.1 Å². The van der Waals surface area contributed by atoms with Crippen LogP contribution in [0, 0.1) is 13.8 Å². The Bertz CT molecular complexity index is 592. The number of ether oxygens (including phenoxy) is 1. The normalized spacial score (nSPS) is 12.4. The molecule has 0 radical (unpaired) electrons. The van der Waals surface area contributed by atoms with Crippen LogP contribution in [-0.4, -0.2) is 12.2 Å². The molecule has 0 fully saturated rings. The van der Waals surface area contributed by atoms with Gasteiger partial charge in [-0.15, -0.1) is 11.3 Å². The van der Waals surface area contributed by atoms with Crippen LogP contribution in [0.4, 0.5) is 0 Å². The van der Waals surface area contributed by atoms with Gasteiger partial charge in [0.2, 0.25) is 0 Å². The fraction of sp³-hybridized carbons (Fsp3) is 0.375. The number of aromatic hydroxyl groups is 1. The quantitative estimate of drug-likeness (QED) is 0.877. The Labute approximate surface area is 124 Å². The molecule has 0 bridgehead atoms. The third-order valence-corrected chi connectivity index (χ3v) is 4.42. The lowest BCUT2D eigenvalue weighted by Gasteiger charge is -2.15. The van der Waals surface area contributed by atoms with E-state index in [1.165, 1.54) is 15.3 Å². The number of hydrogen-bond donors (Lipinski definition) is 2. The van der Waals surface area contributed by atoms with Gasteiger partial charge in [-0.3, -0.25) is 0 Å². The molecule has 1 aromatic carbocycles. The molecule has 0 saturated heterocycles. The summed E-state index contributed by atoms with van der Waals surface area (Å²) in [5.41, 5.74) is 2.21. The summed E-state index contributed by atoms with van der Waals surface area (Å²) in [6.07, 6.45) is 0. The van der Waals surface area contributed by atoms with Crippen LogP contribution in [0.25, 0.3) is 0 Å². The molecule has 3 nitrogen and oxygen atoms in total. The molecule has 0 saturated carbocycles. The Kier molecular flexibility index (Phi) is 4.68. The molecule has 2 N–H and O–H groups in total. The van der Waals surface area contributed by atoms with Crippen molar-refractivity contribution in [2.24, 2.45) is 0 Å². The summed E-state index contributed by atoms with van der Waals surface area (Å²) >= 11 is 1.82. The van der Waals surface area contributed by atoms with Crippen molar-refractivity contribution in [1.82, 2.24) is 5.32 Å². The monoisotopic (exact) mass is 291 g/mol. The van der Waals surface area contributed by atoms with Gasteiger partial charge in [0.05, 0.1) is 7.11 Å². The molecular formula is C16H21NO2S. The van der Waals surface area contributed by atoms with Crippen molar-refractivity contribution in [1.29, 1.82) is 0 Å². The number of methoxy groups -OCH3 is 1. The Balaban J connectivity index is 2.03. The first-order chi connectivity index (χ1) is 9.51. The van der Waals surface area contributed by atoms with E-state index in [1.807, 2.05) is 23.5 Å². The Hall–Kier alpha value is -1.52. The first-order valence-electron chi connectivity index (χ1n) is 6.67. The Morgan fingerprint density at radius 2 is 2.05 bits per heavy atom. The third-order valence-electron chi connectivity index (χ3n) is 3.44. The van der Waals surface area contributed by atoms with Crippen LogP contribution in [0.5, 0.6) is 11.5 Å². The van der Waals surface area contributed by atoms with E-state index in [0.717, 1.165) is 5.56 Å². The highest BCUT2D eigenvalue weighted by Gasteiger charge is 2.11. The molecule has 0 amide bonds. The summed E-state index contributed by atoms with van der Waals surface area (Å²) in [6.45, 7) is 7.06. The molecule has 4 heteroatoms. The maximum atomic E-state index is 9.95. The summed E-state index contributed by atoms with van der Waals surface area (Å²) in [7, 11) is 1.59. The van der Waals surface area contributed by atoms with Gasteiger partial charge in [0, 0.05) is 34.0 Å². The zero-order valence-electron chi connectivity index (χ0n) is 12.4. The number of thiophene rings is 1. The van der Waals surface area contributed by atoms with Crippen LogP contribution in [0.3, 0.4) is 0 Å². The maximum absolute atomic E-state index is 9.95. The summed E-state index contributed by atoms with van der Waals surface area (Å²) in [5, 5.41) is 13.4. The van der Waals surface area contributed by atoms with E-state index in [9.17, 15) is 5.11 Å². The maximum Gasteiger partial charge on any atom is 0.123 e. The van der Waals surface area contributed by atoms with Crippen LogP contribution >= 0.6 is 11.3 Å². The molecule has 108 valence electrons. The predicted molar refractivity (Wildman–Crippen MR) is 83.7 cm³/mol. The molecule has 0 aliphatic carbocycles. The minimum Gasteiger partial charge on any atom is -0.507 e. The number of phenolic OH excluding ortho intramolecular Hbond substituents is 1. The summed E-state index contributed by atoms with van der Waals surface area (Å²) in [6, 6.07) is 7.88. The topological polar surface area (TPSA) is 41.5 Å². The Morgan fingerprint density at radius 3 is 2.60 bits per heavy atom. The highest BCUT2D eigenvalue weighted by atomic mass is 32.1. The molecule has 20 heavy (non-hydrogen) atoms. The van der Waals surface area contributed by atoms with Gasteiger partial charge in [0.1, 0.15) is 11.5 Å². The number of aryl methyl sites for hydroxylation is 2. The van der Waals surface area contributed by atoms with Crippen LogP contribution in [0.15, 0.2) is 24.3 Å². The lowest BCUT2D eigenvalue weighted by atomic mass is 10.1. The summed E-state index contributed by atoms with van der Waals surface area (Å²) in [4.78, 5) is 2.68. The minimum absolute atomic E-state index is 0.265. The Morgan fingerprint density at radius 1 is 1.30 bits per heavy atom. The minimum atomic E-state index is 0.265. The highest BCUT2D eigenvalue weighted by Crippen LogP contribution is 2.27. The van der Waals surface area contributed by atoms with Gasteiger partial charge in [-0.1, -0.05) is 6.07 Å². The van der Waals surface area contributed by atoms with E-state index in [-0.39, 0.29) is 11.8 Å². The fourth-order valence-electron chi connectivity index (χ4n) is 2.27. The zero-order chi connectivity index (χ0) is 14.7. The van der Waals surface area contributed by atoms with E-state index in [0.29, 0.717) is 12.3 Å². The van der Waals surface area contributed by atoms with Crippen molar-refractivity contribution in [3.8, 4) is 11.5 Å². The second-order valence-corrected chi connectivity index (χ2v) is 6.43. The second kappa shape index (κ2) is 6.29. The van der Waals surface area contributed by atoms with Crippen molar-refractivity contribution < 1.29 is 9.84 Å². The molecule has 0 aliphatic rings. The smallest absolute Gasteiger partial charge is 0.123 e. The second-order valence-electron chi connectivity index (χ2n) is 4.97. The SMILES string of the molecule is COc1ccc(CNC(C)c2cc(C)sc2C)c(O)c1. The predicted octanol–water partition coefficient (Wildman–Crippen LogP) is 3.93. The molecular weight excluding hydrogens is 270 g/mol. The average molecular weight is 291 g/mol. The summed E-state index contributed by atoms with van der Waals surface area (Å²) in [5.74, 6) is 0.936. The van der Waals surface area contributed by atoms with Gasteiger partial charge in [0.15, 0.2) is 0 Å². The first-order valence-corrected chi connectivity index (χ1v) is 7.49. The fourth-order valence-corrected chi connectivity index (χ4v) is 3.30. The van der Waals surface area contributed by atoms with Gasteiger partial charge in [-0.05, 0) is 38.5 Å². The summed E-state index contributed by atoms with van der Waals surface area (Å²) < 4.78 is 5.08. The van der Waals surface area contributed by atoms with E-state index in [4.69, 9.17) is 4.74 Å². The molecule has 1 atom stereocenters. The largest absolute Gasteiger partial charge is 0.507 e. The average Bonchev–Trinajstić information content (AvgIpc) is 2.76. The van der Waals surface area contributed by atoms with Crippen molar-refractivity contribution in [2.75, 3.05) is 7.11 Å². The highest BCUT2D eigenvalue weighted by molar-refractivity contribution is 7.12. The number of hydrogen-bond acceptors (Lipinski definition) is 4. The molecule has 1 aromatic heterocycles. The zero-order valence-corrected chi connectivity index (χ0v) is 13.2. The van der Waals surface area contributed by atoms with Gasteiger partial charge >= 0.3 is 0 Å². The van der Waals surface area contributed by atoms with E-state index >= 15 is 0 Å². The van der Waals surface area contributed by atoms with Crippen LogP contribution in [0.2, 0.25) is 0 Å². The lowest BCUT2D eigenvalue weighted by molar-refractivity contribution is 0.405. The molecule has 0 aliphatic heterocycles. The molecule has 1 heterocycles. The standard InChI is InChI=1S/C16H21NO2S/c1-10-7-15(12(3)20-10)11(2)17-9-13-5-6-14(19-4)8-16(13)18/h5-8,11,17-18H,9H2,1-4H3. The molecule has 0 spiro atoms. The lowest BCUT2D eigenvalue weighted by Crippen LogP contribution is -2.18. The van der Waals surface area contributed by atoms with Crippen molar-refractivity contribution in [2.45, 2.75) is 33.4 Å². The van der Waals surface area contributed by atoms with E-state index < -0.39 is 0 Å². The van der Waals surface area contributed by atoms with Crippen LogP contribution in [0.1, 0.15) is 33.8 Å². The number of nitrogens with one attached hydrogen (secondary N) is 1. The van der Waals surface area contributed by atoms with Gasteiger partial charge in [0.25, 0.3) is 0 Å². The van der Waals surface area contributed by atoms with E-state index in [2.05, 4.69) is 32.2 Å². The number of benzene rings is 1. The number of rotatable bonds is 5.